The Balaban J connectivity index is 2.44. The molecule has 0 fully saturated rings. The summed E-state index contributed by atoms with van der Waals surface area (Å²) >= 11 is 0. The highest BCUT2D eigenvalue weighted by Gasteiger charge is 2.18. The minimum atomic E-state index is -3.51. The molecule has 0 aliphatic carbocycles. The molecule has 0 aliphatic heterocycles. The summed E-state index contributed by atoms with van der Waals surface area (Å²) < 4.78 is 28.7. The van der Waals surface area contributed by atoms with Crippen LogP contribution in [0.2, 0.25) is 0 Å². The zero-order valence-electron chi connectivity index (χ0n) is 11.6. The van der Waals surface area contributed by atoms with E-state index in [0.29, 0.717) is 23.6 Å². The number of anilines is 1. The molecule has 0 aliphatic rings. The first-order valence-electron chi connectivity index (χ1n) is 6.13. The van der Waals surface area contributed by atoms with Crippen LogP contribution < -0.4 is 5.32 Å². The first-order valence-corrected chi connectivity index (χ1v) is 8.02. The Hall–Kier alpha value is -2.28. The number of benzene rings is 1. The molecule has 1 aromatic heterocycles. The van der Waals surface area contributed by atoms with Gasteiger partial charge in [0.1, 0.15) is 5.76 Å². The van der Waals surface area contributed by atoms with Crippen LogP contribution in [0.3, 0.4) is 0 Å². The summed E-state index contributed by atoms with van der Waals surface area (Å²) in [6, 6.07) is 6.08. The van der Waals surface area contributed by atoms with Crippen molar-refractivity contribution in [3.8, 4) is 0 Å². The Kier molecular flexibility index (Phi) is 4.04. The maximum Gasteiger partial charge on any atom is 0.335 e. The van der Waals surface area contributed by atoms with E-state index in [4.69, 9.17) is 9.52 Å². The molecular weight excluding hydrogens is 294 g/mol. The average Bonchev–Trinajstić information content (AvgIpc) is 2.88. The summed E-state index contributed by atoms with van der Waals surface area (Å²) in [5, 5.41) is 12.1. The first-order chi connectivity index (χ1) is 9.79. The molecule has 0 unspecified atom stereocenters. The second kappa shape index (κ2) is 5.61. The molecule has 2 rings (SSSR count). The standard InChI is InChI=1S/C14H15NO5S/c1-9-12(15-8-11-4-3-5-20-11)6-10(14(16)17)7-13(9)21(2,18)19/h3-7,15H,8H2,1-2H3,(H,16,17). The van der Waals surface area contributed by atoms with Crippen LogP contribution >= 0.6 is 0 Å². The second-order valence-corrected chi connectivity index (χ2v) is 6.64. The molecule has 0 saturated heterocycles. The molecule has 21 heavy (non-hydrogen) atoms. The number of aromatic carboxylic acids is 1. The molecule has 0 bridgehead atoms. The summed E-state index contributed by atoms with van der Waals surface area (Å²) in [7, 11) is -3.51. The molecule has 0 atom stereocenters. The minimum absolute atomic E-state index is 0.00402. The van der Waals surface area contributed by atoms with Gasteiger partial charge in [0.25, 0.3) is 0 Å². The van der Waals surface area contributed by atoms with E-state index in [2.05, 4.69) is 5.32 Å². The number of carboxylic acids is 1. The lowest BCUT2D eigenvalue weighted by atomic mass is 10.1. The van der Waals surface area contributed by atoms with Gasteiger partial charge in [0, 0.05) is 11.9 Å². The number of nitrogens with one attached hydrogen (secondary N) is 1. The van der Waals surface area contributed by atoms with E-state index in [1.807, 2.05) is 0 Å². The predicted molar refractivity (Wildman–Crippen MR) is 77.3 cm³/mol. The van der Waals surface area contributed by atoms with Crippen LogP contribution in [0.5, 0.6) is 0 Å². The van der Waals surface area contributed by atoms with Crippen molar-refractivity contribution in [1.29, 1.82) is 0 Å². The quantitative estimate of drug-likeness (QED) is 0.879. The Morgan fingerprint density at radius 3 is 2.62 bits per heavy atom. The van der Waals surface area contributed by atoms with Gasteiger partial charge in [0.2, 0.25) is 0 Å². The summed E-state index contributed by atoms with van der Waals surface area (Å²) in [6.07, 6.45) is 2.58. The molecule has 2 aromatic rings. The maximum absolute atomic E-state index is 11.8. The molecule has 0 radical (unpaired) electrons. The second-order valence-electron chi connectivity index (χ2n) is 4.66. The van der Waals surface area contributed by atoms with Crippen LogP contribution in [-0.2, 0) is 16.4 Å². The smallest absolute Gasteiger partial charge is 0.335 e. The number of carboxylic acid groups (broad SMARTS) is 1. The molecule has 112 valence electrons. The van der Waals surface area contributed by atoms with Crippen molar-refractivity contribution < 1.29 is 22.7 Å². The number of rotatable bonds is 5. The van der Waals surface area contributed by atoms with Gasteiger partial charge in [0.05, 0.1) is 23.3 Å². The number of hydrogen-bond donors (Lipinski definition) is 2. The number of hydrogen-bond acceptors (Lipinski definition) is 5. The highest BCUT2D eigenvalue weighted by Crippen LogP contribution is 2.26. The van der Waals surface area contributed by atoms with E-state index in [0.717, 1.165) is 6.26 Å². The van der Waals surface area contributed by atoms with Gasteiger partial charge in [-0.05, 0) is 36.8 Å². The maximum atomic E-state index is 11.8. The zero-order valence-corrected chi connectivity index (χ0v) is 12.4. The summed E-state index contributed by atoms with van der Waals surface area (Å²) in [4.78, 5) is 11.1. The van der Waals surface area contributed by atoms with E-state index in [9.17, 15) is 13.2 Å². The highest BCUT2D eigenvalue weighted by atomic mass is 32.2. The normalized spacial score (nSPS) is 11.3. The SMILES string of the molecule is Cc1c(NCc2ccco2)cc(C(=O)O)cc1S(C)(=O)=O. The van der Waals surface area contributed by atoms with E-state index in [-0.39, 0.29) is 10.5 Å². The van der Waals surface area contributed by atoms with Crippen molar-refractivity contribution in [3.63, 3.8) is 0 Å². The topological polar surface area (TPSA) is 96.6 Å². The van der Waals surface area contributed by atoms with Crippen LogP contribution in [-0.4, -0.2) is 25.7 Å². The van der Waals surface area contributed by atoms with E-state index >= 15 is 0 Å². The van der Waals surface area contributed by atoms with Crippen LogP contribution in [0.15, 0.2) is 39.8 Å². The fourth-order valence-electron chi connectivity index (χ4n) is 1.98. The molecule has 6 nitrogen and oxygen atoms in total. The van der Waals surface area contributed by atoms with Gasteiger partial charge in [-0.1, -0.05) is 0 Å². The lowest BCUT2D eigenvalue weighted by Gasteiger charge is -2.13. The molecule has 0 saturated carbocycles. The first kappa shape index (κ1) is 15.1. The van der Waals surface area contributed by atoms with E-state index < -0.39 is 15.8 Å². The van der Waals surface area contributed by atoms with Crippen molar-refractivity contribution in [3.05, 3.63) is 47.4 Å². The fraction of sp³-hybridized carbons (Fsp3) is 0.214. The van der Waals surface area contributed by atoms with Crippen molar-refractivity contribution in [2.45, 2.75) is 18.4 Å². The van der Waals surface area contributed by atoms with Crippen LogP contribution in [0.25, 0.3) is 0 Å². The van der Waals surface area contributed by atoms with Gasteiger partial charge in [-0.3, -0.25) is 0 Å². The Morgan fingerprint density at radius 2 is 2.10 bits per heavy atom. The van der Waals surface area contributed by atoms with Crippen LogP contribution in [0.1, 0.15) is 21.7 Å². The highest BCUT2D eigenvalue weighted by molar-refractivity contribution is 7.90. The number of carbonyl (C=O) groups is 1. The minimum Gasteiger partial charge on any atom is -0.478 e. The van der Waals surface area contributed by atoms with Gasteiger partial charge in [0.15, 0.2) is 9.84 Å². The predicted octanol–water partition coefficient (Wildman–Crippen LogP) is 2.30. The average molecular weight is 309 g/mol. The molecule has 0 amide bonds. The molecule has 1 heterocycles. The Bertz CT molecular complexity index is 763. The van der Waals surface area contributed by atoms with Crippen LogP contribution in [0.4, 0.5) is 5.69 Å². The molecule has 0 spiro atoms. The monoisotopic (exact) mass is 309 g/mol. The number of furan rings is 1. The third kappa shape index (κ3) is 3.43. The summed E-state index contributed by atoms with van der Waals surface area (Å²) in [5.74, 6) is -0.517. The van der Waals surface area contributed by atoms with Gasteiger partial charge in [-0.25, -0.2) is 13.2 Å². The van der Waals surface area contributed by atoms with Crippen LogP contribution in [0, 0.1) is 6.92 Å². The molecule has 1 aromatic carbocycles. The molecule has 7 heteroatoms. The largest absolute Gasteiger partial charge is 0.478 e. The van der Waals surface area contributed by atoms with Gasteiger partial charge >= 0.3 is 5.97 Å². The van der Waals surface area contributed by atoms with Crippen molar-refractivity contribution in [1.82, 2.24) is 0 Å². The third-order valence-electron chi connectivity index (χ3n) is 3.04. The summed E-state index contributed by atoms with van der Waals surface area (Å²) in [6.45, 7) is 1.96. The Labute approximate surface area is 122 Å². The lowest BCUT2D eigenvalue weighted by Crippen LogP contribution is -2.09. The molecule has 2 N–H and O–H groups in total. The summed E-state index contributed by atoms with van der Waals surface area (Å²) in [5.41, 5.74) is 0.851. The van der Waals surface area contributed by atoms with E-state index in [1.54, 1.807) is 19.1 Å². The zero-order chi connectivity index (χ0) is 15.6. The van der Waals surface area contributed by atoms with E-state index in [1.165, 1.54) is 18.4 Å². The van der Waals surface area contributed by atoms with Crippen molar-refractivity contribution in [2.24, 2.45) is 0 Å². The molecular formula is C14H15NO5S. The number of sulfone groups is 1. The lowest BCUT2D eigenvalue weighted by molar-refractivity contribution is 0.0696. The Morgan fingerprint density at radius 1 is 1.38 bits per heavy atom. The third-order valence-corrected chi connectivity index (χ3v) is 4.26. The van der Waals surface area contributed by atoms with Crippen molar-refractivity contribution >= 4 is 21.5 Å². The van der Waals surface area contributed by atoms with Crippen molar-refractivity contribution in [2.75, 3.05) is 11.6 Å². The van der Waals surface area contributed by atoms with Gasteiger partial charge in [-0.2, -0.15) is 0 Å². The van der Waals surface area contributed by atoms with Gasteiger partial charge < -0.3 is 14.8 Å². The fourth-order valence-corrected chi connectivity index (χ4v) is 2.98. The van der Waals surface area contributed by atoms with Gasteiger partial charge in [-0.15, -0.1) is 0 Å².